The number of nitrogens with zero attached hydrogens (tertiary/aromatic N) is 1. The average molecular weight is 188 g/mol. The van der Waals surface area contributed by atoms with Gasteiger partial charge in [0.1, 0.15) is 0 Å². The van der Waals surface area contributed by atoms with Crippen LogP contribution in [0.2, 0.25) is 0 Å². The van der Waals surface area contributed by atoms with Gasteiger partial charge in [-0.25, -0.2) is 0 Å². The van der Waals surface area contributed by atoms with E-state index < -0.39 is 0 Å². The van der Waals surface area contributed by atoms with Crippen molar-refractivity contribution in [2.24, 2.45) is 0 Å². The molecule has 0 saturated carbocycles. The maximum Gasteiger partial charge on any atom is 0.0407 e. The second-order valence-electron chi connectivity index (χ2n) is 4.47. The molecule has 1 heterocycles. The zero-order chi connectivity index (χ0) is 10.2. The van der Waals surface area contributed by atoms with Crippen LogP contribution in [0.1, 0.15) is 31.9 Å². The predicted octanol–water partition coefficient (Wildman–Crippen LogP) is 2.60. The minimum atomic E-state index is 0.192. The van der Waals surface area contributed by atoms with Gasteiger partial charge in [0.2, 0.25) is 0 Å². The van der Waals surface area contributed by atoms with Crippen LogP contribution in [0, 0.1) is 6.07 Å². The summed E-state index contributed by atoms with van der Waals surface area (Å²) in [6.45, 7) is 9.17. The molecule has 0 amide bonds. The Bertz CT molecular complexity index is 328. The van der Waals surface area contributed by atoms with Gasteiger partial charge in [0.05, 0.1) is 0 Å². The van der Waals surface area contributed by atoms with E-state index in [-0.39, 0.29) is 5.54 Å². The maximum absolute atomic E-state index is 3.17. The molecule has 0 N–H and O–H groups in total. The summed E-state index contributed by atoms with van der Waals surface area (Å²) >= 11 is 0. The second kappa shape index (κ2) is 3.39. The van der Waals surface area contributed by atoms with E-state index in [1.165, 1.54) is 24.1 Å². The van der Waals surface area contributed by atoms with Gasteiger partial charge in [0.15, 0.2) is 0 Å². The molecule has 1 aromatic carbocycles. The van der Waals surface area contributed by atoms with Crippen molar-refractivity contribution in [2.75, 3.05) is 13.1 Å². The summed E-state index contributed by atoms with van der Waals surface area (Å²) in [5.74, 6) is 0. The lowest BCUT2D eigenvalue weighted by Gasteiger charge is -2.43. The number of fused-ring (bicyclic) bond motifs is 1. The quantitative estimate of drug-likeness (QED) is 0.655. The van der Waals surface area contributed by atoms with Crippen LogP contribution in [0.5, 0.6) is 0 Å². The van der Waals surface area contributed by atoms with Crippen LogP contribution in [0.25, 0.3) is 0 Å². The third-order valence-electron chi connectivity index (χ3n) is 3.43. The maximum atomic E-state index is 3.17. The Hall–Kier alpha value is -0.820. The molecule has 0 unspecified atom stereocenters. The van der Waals surface area contributed by atoms with Crippen molar-refractivity contribution in [1.29, 1.82) is 0 Å². The summed E-state index contributed by atoms with van der Waals surface area (Å²) in [5.41, 5.74) is 3.14. The zero-order valence-corrected chi connectivity index (χ0v) is 9.30. The van der Waals surface area contributed by atoms with Crippen molar-refractivity contribution in [3.8, 4) is 0 Å². The van der Waals surface area contributed by atoms with Crippen molar-refractivity contribution in [2.45, 2.75) is 32.7 Å². The van der Waals surface area contributed by atoms with Crippen LogP contribution in [0.4, 0.5) is 0 Å². The van der Waals surface area contributed by atoms with E-state index in [1.54, 1.807) is 0 Å². The van der Waals surface area contributed by atoms with Gasteiger partial charge < -0.3 is 0 Å². The van der Waals surface area contributed by atoms with E-state index in [0.717, 1.165) is 6.54 Å². The first-order chi connectivity index (χ1) is 6.66. The molecule has 14 heavy (non-hydrogen) atoms. The predicted molar refractivity (Wildman–Crippen MR) is 59.3 cm³/mol. The van der Waals surface area contributed by atoms with E-state index in [1.807, 2.05) is 6.07 Å². The number of rotatable bonds is 1. The van der Waals surface area contributed by atoms with Gasteiger partial charge in [-0.15, -0.1) is 0 Å². The zero-order valence-electron chi connectivity index (χ0n) is 9.30. The van der Waals surface area contributed by atoms with E-state index in [4.69, 9.17) is 0 Å². The minimum Gasteiger partial charge on any atom is -0.294 e. The number of likely N-dealkylation sites (N-methyl/N-ethyl adjacent to an activating group) is 1. The normalized spacial score (nSPS) is 20.5. The van der Waals surface area contributed by atoms with Crippen molar-refractivity contribution in [1.82, 2.24) is 4.90 Å². The van der Waals surface area contributed by atoms with Gasteiger partial charge in [-0.05, 0) is 44.0 Å². The smallest absolute Gasteiger partial charge is 0.0407 e. The summed E-state index contributed by atoms with van der Waals surface area (Å²) < 4.78 is 0. The molecule has 0 bridgehead atoms. The Morgan fingerprint density at radius 2 is 2.29 bits per heavy atom. The summed E-state index contributed by atoms with van der Waals surface area (Å²) in [6.07, 6.45) is 1.17. The standard InChI is InChI=1S/C13H18N/c1-4-14-10-9-11-7-5-6-8-12(11)13(14,2)3/h6-8H,4,9-10H2,1-3H3. The highest BCUT2D eigenvalue weighted by Crippen LogP contribution is 2.34. The molecule has 1 heteroatoms. The fraction of sp³-hybridized carbons (Fsp3) is 0.538. The van der Waals surface area contributed by atoms with Gasteiger partial charge in [-0.2, -0.15) is 0 Å². The van der Waals surface area contributed by atoms with Crippen molar-refractivity contribution in [3.63, 3.8) is 0 Å². The van der Waals surface area contributed by atoms with Crippen LogP contribution in [-0.4, -0.2) is 18.0 Å². The van der Waals surface area contributed by atoms with E-state index in [0.29, 0.717) is 0 Å². The van der Waals surface area contributed by atoms with Crippen LogP contribution in [0.3, 0.4) is 0 Å². The molecular formula is C13H18N. The van der Waals surface area contributed by atoms with E-state index >= 15 is 0 Å². The topological polar surface area (TPSA) is 3.24 Å². The third kappa shape index (κ3) is 1.36. The number of benzene rings is 1. The number of hydrogen-bond donors (Lipinski definition) is 0. The first-order valence-corrected chi connectivity index (χ1v) is 5.40. The van der Waals surface area contributed by atoms with Crippen LogP contribution < -0.4 is 0 Å². The molecule has 0 saturated heterocycles. The van der Waals surface area contributed by atoms with Gasteiger partial charge in [-0.3, -0.25) is 4.90 Å². The van der Waals surface area contributed by atoms with E-state index in [2.05, 4.69) is 43.9 Å². The Labute approximate surface area is 86.7 Å². The lowest BCUT2D eigenvalue weighted by atomic mass is 9.83. The van der Waals surface area contributed by atoms with Crippen molar-refractivity contribution >= 4 is 0 Å². The lowest BCUT2D eigenvalue weighted by Crippen LogP contribution is -2.46. The Kier molecular flexibility index (Phi) is 2.36. The second-order valence-corrected chi connectivity index (χ2v) is 4.47. The number of hydrogen-bond acceptors (Lipinski definition) is 1. The molecule has 1 nitrogen and oxygen atoms in total. The SMILES string of the molecule is CCN1CCc2c[c]ccc2C1(C)C. The third-order valence-corrected chi connectivity index (χ3v) is 3.43. The van der Waals surface area contributed by atoms with Gasteiger partial charge in [-0.1, -0.05) is 25.1 Å². The molecule has 1 aliphatic rings. The highest BCUT2D eigenvalue weighted by molar-refractivity contribution is 5.34. The summed E-state index contributed by atoms with van der Waals surface area (Å²) in [7, 11) is 0. The molecule has 0 aliphatic carbocycles. The fourth-order valence-corrected chi connectivity index (χ4v) is 2.53. The summed E-state index contributed by atoms with van der Waals surface area (Å²) in [5, 5.41) is 0. The summed E-state index contributed by atoms with van der Waals surface area (Å²) in [6, 6.07) is 9.56. The van der Waals surface area contributed by atoms with Gasteiger partial charge >= 0.3 is 0 Å². The van der Waals surface area contributed by atoms with Gasteiger partial charge in [0.25, 0.3) is 0 Å². The molecule has 1 radical (unpaired) electrons. The fourth-order valence-electron chi connectivity index (χ4n) is 2.53. The highest BCUT2D eigenvalue weighted by atomic mass is 15.2. The van der Waals surface area contributed by atoms with E-state index in [9.17, 15) is 0 Å². The first-order valence-electron chi connectivity index (χ1n) is 5.40. The van der Waals surface area contributed by atoms with Crippen molar-refractivity contribution < 1.29 is 0 Å². The average Bonchev–Trinajstić information content (AvgIpc) is 2.18. The van der Waals surface area contributed by atoms with Crippen LogP contribution in [0.15, 0.2) is 18.2 Å². The molecule has 0 aromatic heterocycles. The molecule has 0 fully saturated rings. The minimum absolute atomic E-state index is 0.192. The Morgan fingerprint density at radius 1 is 1.50 bits per heavy atom. The van der Waals surface area contributed by atoms with Crippen LogP contribution in [-0.2, 0) is 12.0 Å². The lowest BCUT2D eigenvalue weighted by molar-refractivity contribution is 0.115. The summed E-state index contributed by atoms with van der Waals surface area (Å²) in [4.78, 5) is 2.54. The molecule has 75 valence electrons. The first kappa shape index (κ1) is 9.72. The molecular weight excluding hydrogens is 170 g/mol. The molecule has 1 aliphatic heterocycles. The monoisotopic (exact) mass is 188 g/mol. The Balaban J connectivity index is 2.46. The molecule has 2 rings (SSSR count). The molecule has 0 atom stereocenters. The highest BCUT2D eigenvalue weighted by Gasteiger charge is 2.32. The molecule has 0 spiro atoms. The molecule has 1 aromatic rings. The van der Waals surface area contributed by atoms with Crippen LogP contribution >= 0.6 is 0 Å². The van der Waals surface area contributed by atoms with Crippen molar-refractivity contribution in [3.05, 3.63) is 35.4 Å². The van der Waals surface area contributed by atoms with Gasteiger partial charge in [0, 0.05) is 12.1 Å². The Morgan fingerprint density at radius 3 is 3.00 bits per heavy atom. The largest absolute Gasteiger partial charge is 0.294 e.